The van der Waals surface area contributed by atoms with Gasteiger partial charge in [-0.05, 0) is 32.7 Å². The van der Waals surface area contributed by atoms with Gasteiger partial charge in [0.2, 0.25) is 0 Å². The number of aryl methyl sites for hydroxylation is 1. The lowest BCUT2D eigenvalue weighted by Crippen LogP contribution is -2.39. The van der Waals surface area contributed by atoms with Crippen molar-refractivity contribution < 1.29 is 8.42 Å². The molecule has 1 aromatic heterocycles. The second-order valence-electron chi connectivity index (χ2n) is 5.80. The third kappa shape index (κ3) is 3.46. The normalized spacial score (nSPS) is 18.2. The highest BCUT2D eigenvalue weighted by atomic mass is 32.2. The van der Waals surface area contributed by atoms with E-state index >= 15 is 0 Å². The summed E-state index contributed by atoms with van der Waals surface area (Å²) in [4.78, 5) is 0. The van der Waals surface area contributed by atoms with Gasteiger partial charge in [-0.25, -0.2) is 8.42 Å². The van der Waals surface area contributed by atoms with Gasteiger partial charge in [-0.15, -0.1) is 0 Å². The number of nitrogens with zero attached hydrogens (tertiary/aromatic N) is 2. The molecule has 0 amide bonds. The Balaban J connectivity index is 2.16. The van der Waals surface area contributed by atoms with Crippen LogP contribution in [0.25, 0.3) is 0 Å². The Morgan fingerprint density at radius 3 is 2.62 bits per heavy atom. The zero-order chi connectivity index (χ0) is 15.5. The minimum Gasteiger partial charge on any atom is -0.316 e. The van der Waals surface area contributed by atoms with Gasteiger partial charge in [0.15, 0.2) is 5.03 Å². The molecule has 6 nitrogen and oxygen atoms in total. The molecule has 7 heteroatoms. The molecule has 1 aliphatic heterocycles. The topological polar surface area (TPSA) is 78.1 Å². The molecule has 21 heavy (non-hydrogen) atoms. The number of rotatable bonds is 6. The number of piperidine rings is 1. The van der Waals surface area contributed by atoms with Gasteiger partial charge in [-0.3, -0.25) is 5.10 Å². The minimum absolute atomic E-state index is 0.184. The van der Waals surface area contributed by atoms with Gasteiger partial charge in [-0.2, -0.15) is 9.40 Å². The molecule has 2 rings (SSSR count). The number of aromatic nitrogens is 2. The fourth-order valence-corrected chi connectivity index (χ4v) is 4.63. The molecule has 0 aliphatic carbocycles. The minimum atomic E-state index is -3.48. The van der Waals surface area contributed by atoms with E-state index in [0.29, 0.717) is 25.6 Å². The Labute approximate surface area is 127 Å². The van der Waals surface area contributed by atoms with Crippen LogP contribution in [0, 0.1) is 12.8 Å². The summed E-state index contributed by atoms with van der Waals surface area (Å²) in [6, 6.07) is 0. The Hall–Kier alpha value is -0.920. The fraction of sp³-hybridized carbons (Fsp3) is 0.786. The average molecular weight is 314 g/mol. The van der Waals surface area contributed by atoms with Gasteiger partial charge in [-0.1, -0.05) is 19.8 Å². The average Bonchev–Trinajstić information content (AvgIpc) is 2.82. The van der Waals surface area contributed by atoms with Crippen LogP contribution >= 0.6 is 0 Å². The van der Waals surface area contributed by atoms with Gasteiger partial charge in [0.1, 0.15) is 0 Å². The lowest BCUT2D eigenvalue weighted by atomic mass is 9.94. The Kier molecular flexibility index (Phi) is 5.40. The number of hydrogen-bond donors (Lipinski definition) is 2. The van der Waals surface area contributed by atoms with E-state index in [-0.39, 0.29) is 5.03 Å². The molecule has 1 aromatic rings. The highest BCUT2D eigenvalue weighted by molar-refractivity contribution is 7.89. The van der Waals surface area contributed by atoms with Crippen LogP contribution < -0.4 is 5.32 Å². The van der Waals surface area contributed by atoms with Gasteiger partial charge in [0.25, 0.3) is 10.0 Å². The van der Waals surface area contributed by atoms with Crippen LogP contribution in [-0.2, 0) is 16.6 Å². The summed E-state index contributed by atoms with van der Waals surface area (Å²) in [5, 5.41) is 10.0. The van der Waals surface area contributed by atoms with Crippen molar-refractivity contribution in [2.75, 3.05) is 20.1 Å². The number of nitrogens with one attached hydrogen (secondary N) is 2. The predicted molar refractivity (Wildman–Crippen MR) is 82.5 cm³/mol. The van der Waals surface area contributed by atoms with Crippen molar-refractivity contribution in [3.8, 4) is 0 Å². The molecule has 2 heterocycles. The van der Waals surface area contributed by atoms with Crippen molar-refractivity contribution in [3.63, 3.8) is 0 Å². The van der Waals surface area contributed by atoms with Crippen LogP contribution in [0.5, 0.6) is 0 Å². The highest BCUT2D eigenvalue weighted by Gasteiger charge is 2.33. The van der Waals surface area contributed by atoms with E-state index in [0.717, 1.165) is 24.1 Å². The third-order valence-corrected chi connectivity index (χ3v) is 6.12. The zero-order valence-electron chi connectivity index (χ0n) is 13.1. The van der Waals surface area contributed by atoms with E-state index in [1.165, 1.54) is 12.8 Å². The highest BCUT2D eigenvalue weighted by Crippen LogP contribution is 2.27. The summed E-state index contributed by atoms with van der Waals surface area (Å²) in [5.41, 5.74) is 1.55. The largest absolute Gasteiger partial charge is 0.316 e. The number of aromatic amines is 1. The maximum Gasteiger partial charge on any atom is 0.262 e. The zero-order valence-corrected chi connectivity index (χ0v) is 14.0. The maximum atomic E-state index is 12.8. The summed E-state index contributed by atoms with van der Waals surface area (Å²) in [7, 11) is -1.68. The summed E-state index contributed by atoms with van der Waals surface area (Å²) in [5.74, 6) is 0.666. The van der Waals surface area contributed by atoms with Crippen molar-refractivity contribution in [2.45, 2.75) is 51.1 Å². The molecule has 0 bridgehead atoms. The first-order valence-corrected chi connectivity index (χ1v) is 9.13. The molecule has 1 aliphatic rings. The first-order valence-electron chi connectivity index (χ1n) is 7.69. The van der Waals surface area contributed by atoms with Crippen LogP contribution in [0.15, 0.2) is 5.03 Å². The molecular formula is C14H26N4O2S. The number of hydrogen-bond acceptors (Lipinski definition) is 4. The molecule has 2 N–H and O–H groups in total. The standard InChI is InChI=1S/C14H26N4O2S/c1-4-5-12-6-8-18(9-7-12)21(19,20)14-13(10-15-3)11(2)16-17-14/h12,15H,4-10H2,1-3H3,(H,16,17). The molecule has 0 aromatic carbocycles. The molecule has 1 saturated heterocycles. The van der Waals surface area contributed by atoms with Crippen LogP contribution in [0.2, 0.25) is 0 Å². The molecule has 0 atom stereocenters. The van der Waals surface area contributed by atoms with Crippen molar-refractivity contribution in [2.24, 2.45) is 5.92 Å². The van der Waals surface area contributed by atoms with Gasteiger partial charge >= 0.3 is 0 Å². The van der Waals surface area contributed by atoms with E-state index in [2.05, 4.69) is 22.4 Å². The maximum absolute atomic E-state index is 12.8. The summed E-state index contributed by atoms with van der Waals surface area (Å²) in [6.45, 7) is 5.75. The van der Waals surface area contributed by atoms with Crippen molar-refractivity contribution in [3.05, 3.63) is 11.3 Å². The lowest BCUT2D eigenvalue weighted by Gasteiger charge is -2.30. The van der Waals surface area contributed by atoms with E-state index in [1.807, 2.05) is 6.92 Å². The predicted octanol–water partition coefficient (Wildman–Crippen LogP) is 1.64. The van der Waals surface area contributed by atoms with Crippen LogP contribution in [0.3, 0.4) is 0 Å². The molecule has 1 fully saturated rings. The smallest absolute Gasteiger partial charge is 0.262 e. The number of sulfonamides is 1. The molecule has 0 unspecified atom stereocenters. The first-order chi connectivity index (χ1) is 10.0. The molecule has 120 valence electrons. The Bertz CT molecular complexity index is 560. The number of H-pyrrole nitrogens is 1. The van der Waals surface area contributed by atoms with Gasteiger partial charge < -0.3 is 5.32 Å². The van der Waals surface area contributed by atoms with E-state index in [9.17, 15) is 8.42 Å². The lowest BCUT2D eigenvalue weighted by molar-refractivity contribution is 0.261. The van der Waals surface area contributed by atoms with Crippen molar-refractivity contribution in [1.82, 2.24) is 19.8 Å². The van der Waals surface area contributed by atoms with Crippen LogP contribution in [0.4, 0.5) is 0 Å². The van der Waals surface area contributed by atoms with Gasteiger partial charge in [0.05, 0.1) is 0 Å². The second kappa shape index (κ2) is 6.89. The second-order valence-corrected chi connectivity index (χ2v) is 7.65. The van der Waals surface area contributed by atoms with Gasteiger partial charge in [0, 0.05) is 30.9 Å². The molecular weight excluding hydrogens is 288 g/mol. The van der Waals surface area contributed by atoms with Crippen molar-refractivity contribution >= 4 is 10.0 Å². The summed E-state index contributed by atoms with van der Waals surface area (Å²) >= 11 is 0. The van der Waals surface area contributed by atoms with E-state index in [4.69, 9.17) is 0 Å². The Morgan fingerprint density at radius 1 is 1.38 bits per heavy atom. The fourth-order valence-electron chi connectivity index (χ4n) is 3.00. The molecule has 0 radical (unpaired) electrons. The summed E-state index contributed by atoms with van der Waals surface area (Å²) < 4.78 is 27.1. The van der Waals surface area contributed by atoms with E-state index in [1.54, 1.807) is 11.4 Å². The molecule has 0 spiro atoms. The monoisotopic (exact) mass is 314 g/mol. The molecule has 0 saturated carbocycles. The SMILES string of the molecule is CCCC1CCN(S(=O)(=O)c2n[nH]c(C)c2CNC)CC1. The van der Waals surface area contributed by atoms with Crippen LogP contribution in [-0.4, -0.2) is 43.1 Å². The first kappa shape index (κ1) is 16.5. The van der Waals surface area contributed by atoms with Crippen molar-refractivity contribution in [1.29, 1.82) is 0 Å². The Morgan fingerprint density at radius 2 is 2.05 bits per heavy atom. The quantitative estimate of drug-likeness (QED) is 0.837. The van der Waals surface area contributed by atoms with Crippen LogP contribution in [0.1, 0.15) is 43.9 Å². The van der Waals surface area contributed by atoms with E-state index < -0.39 is 10.0 Å². The summed E-state index contributed by atoms with van der Waals surface area (Å²) in [6.07, 6.45) is 4.28. The third-order valence-electron chi connectivity index (χ3n) is 4.24.